The fourth-order valence-electron chi connectivity index (χ4n) is 3.31. The number of carbonyl (C=O) groups excluding carboxylic acids is 1. The van der Waals surface area contributed by atoms with Gasteiger partial charge in [-0.2, -0.15) is 13.2 Å². The van der Waals surface area contributed by atoms with Crippen LogP contribution in [0, 0.1) is 0 Å². The summed E-state index contributed by atoms with van der Waals surface area (Å²) < 4.78 is 40.2. The SMILES string of the molecule is C[C@H](Cc1cn(C(=O)O)c2ccccc12)NC(=O)C=Cc1ccccc1C(F)(F)F. The Morgan fingerprint density at radius 2 is 1.80 bits per heavy atom. The fraction of sp³-hybridized carbons (Fsp3) is 0.182. The number of hydrogen-bond donors (Lipinski definition) is 2. The Hall–Kier alpha value is -3.55. The topological polar surface area (TPSA) is 71.3 Å². The van der Waals surface area contributed by atoms with Gasteiger partial charge in [-0.3, -0.25) is 9.36 Å². The summed E-state index contributed by atoms with van der Waals surface area (Å²) in [4.78, 5) is 23.6. The molecular weight excluding hydrogens is 397 g/mol. The first kappa shape index (κ1) is 21.2. The number of amides is 1. The van der Waals surface area contributed by atoms with Crippen LogP contribution in [0.3, 0.4) is 0 Å². The Labute approximate surface area is 170 Å². The Morgan fingerprint density at radius 1 is 1.13 bits per heavy atom. The molecule has 1 aromatic heterocycles. The molecule has 0 bridgehead atoms. The number of alkyl halides is 3. The van der Waals surface area contributed by atoms with Crippen LogP contribution >= 0.6 is 0 Å². The van der Waals surface area contributed by atoms with Crippen molar-refractivity contribution >= 4 is 29.0 Å². The summed E-state index contributed by atoms with van der Waals surface area (Å²) in [5.74, 6) is -0.540. The second kappa shape index (κ2) is 8.44. The molecule has 5 nitrogen and oxygen atoms in total. The molecule has 0 aliphatic heterocycles. The predicted octanol–water partition coefficient (Wildman–Crippen LogP) is 4.95. The zero-order valence-corrected chi connectivity index (χ0v) is 16.0. The highest BCUT2D eigenvalue weighted by atomic mass is 19.4. The number of benzene rings is 2. The lowest BCUT2D eigenvalue weighted by atomic mass is 10.1. The molecule has 0 unspecified atom stereocenters. The number of rotatable bonds is 5. The quantitative estimate of drug-likeness (QED) is 0.579. The van der Waals surface area contributed by atoms with Gasteiger partial charge in [0.25, 0.3) is 0 Å². The van der Waals surface area contributed by atoms with Gasteiger partial charge < -0.3 is 10.4 Å². The molecule has 1 heterocycles. The summed E-state index contributed by atoms with van der Waals surface area (Å²) in [6.45, 7) is 1.74. The third kappa shape index (κ3) is 4.71. The summed E-state index contributed by atoms with van der Waals surface area (Å²) in [7, 11) is 0. The molecular formula is C22H19F3N2O3. The van der Waals surface area contributed by atoms with E-state index >= 15 is 0 Å². The van der Waals surface area contributed by atoms with Gasteiger partial charge in [0.05, 0.1) is 11.1 Å². The first-order valence-corrected chi connectivity index (χ1v) is 9.14. The summed E-state index contributed by atoms with van der Waals surface area (Å²) in [6.07, 6.45) is -1.57. The minimum Gasteiger partial charge on any atom is -0.464 e. The summed E-state index contributed by atoms with van der Waals surface area (Å²) in [5, 5.41) is 12.8. The molecule has 156 valence electrons. The first-order valence-electron chi connectivity index (χ1n) is 9.14. The van der Waals surface area contributed by atoms with Gasteiger partial charge in [0, 0.05) is 23.7 Å². The van der Waals surface area contributed by atoms with Gasteiger partial charge in [-0.25, -0.2) is 4.79 Å². The molecule has 0 spiro atoms. The van der Waals surface area contributed by atoms with E-state index in [1.165, 1.54) is 24.4 Å². The number of carboxylic acid groups (broad SMARTS) is 1. The van der Waals surface area contributed by atoms with E-state index in [9.17, 15) is 27.9 Å². The monoisotopic (exact) mass is 416 g/mol. The number of para-hydroxylation sites is 1. The molecule has 30 heavy (non-hydrogen) atoms. The first-order chi connectivity index (χ1) is 14.2. The van der Waals surface area contributed by atoms with E-state index in [1.807, 2.05) is 0 Å². The van der Waals surface area contributed by atoms with E-state index in [1.54, 1.807) is 31.2 Å². The molecule has 2 N–H and O–H groups in total. The Kier molecular flexibility index (Phi) is 5.96. The van der Waals surface area contributed by atoms with Crippen LogP contribution in [0.5, 0.6) is 0 Å². The molecule has 0 fully saturated rings. The highest BCUT2D eigenvalue weighted by Gasteiger charge is 2.32. The second-order valence-electron chi connectivity index (χ2n) is 6.86. The van der Waals surface area contributed by atoms with Crippen LogP contribution in [-0.4, -0.2) is 27.7 Å². The molecule has 0 aliphatic rings. The van der Waals surface area contributed by atoms with E-state index < -0.39 is 23.7 Å². The van der Waals surface area contributed by atoms with Crippen molar-refractivity contribution in [2.24, 2.45) is 0 Å². The van der Waals surface area contributed by atoms with Gasteiger partial charge in [0.2, 0.25) is 5.91 Å². The second-order valence-corrected chi connectivity index (χ2v) is 6.86. The summed E-state index contributed by atoms with van der Waals surface area (Å²) >= 11 is 0. The molecule has 0 saturated heterocycles. The fourth-order valence-corrected chi connectivity index (χ4v) is 3.31. The largest absolute Gasteiger partial charge is 0.464 e. The van der Waals surface area contributed by atoms with Crippen molar-refractivity contribution in [3.05, 3.63) is 77.5 Å². The number of hydrogen-bond acceptors (Lipinski definition) is 2. The van der Waals surface area contributed by atoms with Crippen molar-refractivity contribution < 1.29 is 27.9 Å². The van der Waals surface area contributed by atoms with Crippen molar-refractivity contribution in [3.8, 4) is 0 Å². The average Bonchev–Trinajstić information content (AvgIpc) is 3.04. The van der Waals surface area contributed by atoms with Gasteiger partial charge in [-0.05, 0) is 42.7 Å². The Balaban J connectivity index is 1.71. The van der Waals surface area contributed by atoms with Gasteiger partial charge in [0.1, 0.15) is 0 Å². The summed E-state index contributed by atoms with van der Waals surface area (Å²) in [5.41, 5.74) is 0.371. The maximum Gasteiger partial charge on any atom is 0.416 e. The summed E-state index contributed by atoms with van der Waals surface area (Å²) in [6, 6.07) is 11.7. The van der Waals surface area contributed by atoms with Crippen LogP contribution in [0.25, 0.3) is 17.0 Å². The minimum absolute atomic E-state index is 0.0997. The highest BCUT2D eigenvalue weighted by Crippen LogP contribution is 2.32. The number of aromatic nitrogens is 1. The molecule has 8 heteroatoms. The predicted molar refractivity (Wildman–Crippen MR) is 107 cm³/mol. The third-order valence-corrected chi connectivity index (χ3v) is 4.60. The number of carbonyl (C=O) groups is 2. The third-order valence-electron chi connectivity index (χ3n) is 4.60. The van der Waals surface area contributed by atoms with Crippen LogP contribution in [0.4, 0.5) is 18.0 Å². The van der Waals surface area contributed by atoms with E-state index in [4.69, 9.17) is 0 Å². The van der Waals surface area contributed by atoms with Crippen LogP contribution in [0.1, 0.15) is 23.6 Å². The molecule has 0 aliphatic carbocycles. The van der Waals surface area contributed by atoms with Crippen LogP contribution in [0.15, 0.2) is 60.8 Å². The molecule has 3 rings (SSSR count). The normalized spacial score (nSPS) is 12.9. The Morgan fingerprint density at radius 3 is 2.50 bits per heavy atom. The van der Waals surface area contributed by atoms with Crippen molar-refractivity contribution in [2.75, 3.05) is 0 Å². The van der Waals surface area contributed by atoms with E-state index in [0.717, 1.165) is 33.7 Å². The smallest absolute Gasteiger partial charge is 0.416 e. The molecule has 3 aromatic rings. The lowest BCUT2D eigenvalue weighted by Crippen LogP contribution is -2.32. The molecule has 0 radical (unpaired) electrons. The molecule has 1 amide bonds. The van der Waals surface area contributed by atoms with Crippen LogP contribution in [0.2, 0.25) is 0 Å². The van der Waals surface area contributed by atoms with E-state index in [-0.39, 0.29) is 11.6 Å². The number of nitrogens with one attached hydrogen (secondary N) is 1. The van der Waals surface area contributed by atoms with E-state index in [2.05, 4.69) is 5.32 Å². The van der Waals surface area contributed by atoms with Gasteiger partial charge >= 0.3 is 12.3 Å². The minimum atomic E-state index is -4.51. The standard InChI is InChI=1S/C22H19F3N2O3/c1-14(12-16-13-27(21(29)30)19-9-5-3-7-17(16)19)26-20(28)11-10-15-6-2-4-8-18(15)22(23,24)25/h2-11,13-14H,12H2,1H3,(H,26,28)(H,29,30)/t14-/m1/s1. The van der Waals surface area contributed by atoms with Gasteiger partial charge in [0.15, 0.2) is 0 Å². The molecule has 0 saturated carbocycles. The Bertz CT molecular complexity index is 1120. The highest BCUT2D eigenvalue weighted by molar-refractivity contribution is 5.93. The number of fused-ring (bicyclic) bond motifs is 1. The molecule has 2 aromatic carbocycles. The van der Waals surface area contributed by atoms with Crippen molar-refractivity contribution in [3.63, 3.8) is 0 Å². The van der Waals surface area contributed by atoms with Crippen LogP contribution < -0.4 is 5.32 Å². The lowest BCUT2D eigenvalue weighted by Gasteiger charge is -2.12. The van der Waals surface area contributed by atoms with Crippen molar-refractivity contribution in [1.82, 2.24) is 9.88 Å². The van der Waals surface area contributed by atoms with Gasteiger partial charge in [-0.15, -0.1) is 0 Å². The van der Waals surface area contributed by atoms with Gasteiger partial charge in [-0.1, -0.05) is 36.4 Å². The zero-order valence-electron chi connectivity index (χ0n) is 16.0. The van der Waals surface area contributed by atoms with Crippen molar-refractivity contribution in [2.45, 2.75) is 25.6 Å². The maximum absolute atomic E-state index is 13.0. The number of nitrogens with zero attached hydrogens (tertiary/aromatic N) is 1. The maximum atomic E-state index is 13.0. The van der Waals surface area contributed by atoms with E-state index in [0.29, 0.717) is 11.9 Å². The van der Waals surface area contributed by atoms with Crippen LogP contribution in [-0.2, 0) is 17.4 Å². The van der Waals surface area contributed by atoms with Crippen molar-refractivity contribution in [1.29, 1.82) is 0 Å². The number of halogens is 3. The molecule has 1 atom stereocenters. The lowest BCUT2D eigenvalue weighted by molar-refractivity contribution is -0.137. The average molecular weight is 416 g/mol. The zero-order chi connectivity index (χ0) is 21.9.